The molecule has 154 valence electrons. The molecule has 2 aromatic heterocycles. The van der Waals surface area contributed by atoms with E-state index >= 15 is 0 Å². The van der Waals surface area contributed by atoms with E-state index in [0.29, 0.717) is 13.2 Å². The van der Waals surface area contributed by atoms with Crippen molar-refractivity contribution in [2.24, 2.45) is 0 Å². The zero-order valence-corrected chi connectivity index (χ0v) is 16.5. The van der Waals surface area contributed by atoms with E-state index in [-0.39, 0.29) is 18.4 Å². The summed E-state index contributed by atoms with van der Waals surface area (Å²) in [5.74, 6) is -0.982. The molecule has 0 spiro atoms. The molecule has 30 heavy (non-hydrogen) atoms. The normalized spacial score (nSPS) is 14.5. The average molecular weight is 406 g/mol. The van der Waals surface area contributed by atoms with Gasteiger partial charge in [0.15, 0.2) is 11.4 Å². The first-order valence-corrected chi connectivity index (χ1v) is 9.56. The summed E-state index contributed by atoms with van der Waals surface area (Å²) in [6.07, 6.45) is 5.00. The molecule has 1 aliphatic heterocycles. The maximum Gasteiger partial charge on any atom is 0.277 e. The molecular formula is C22H22N4O4. The summed E-state index contributed by atoms with van der Waals surface area (Å²) >= 11 is 0. The molecule has 0 fully saturated rings. The van der Waals surface area contributed by atoms with E-state index in [4.69, 9.17) is 4.74 Å². The number of fused-ring (bicyclic) bond motifs is 1. The van der Waals surface area contributed by atoms with Crippen molar-refractivity contribution in [3.05, 3.63) is 94.2 Å². The first-order chi connectivity index (χ1) is 14.6. The number of ether oxygens (including phenoxy) is 1. The number of rotatable bonds is 6. The highest BCUT2D eigenvalue weighted by Crippen LogP contribution is 2.31. The van der Waals surface area contributed by atoms with Crippen LogP contribution >= 0.6 is 0 Å². The third kappa shape index (κ3) is 3.53. The maximum absolute atomic E-state index is 13.0. The lowest BCUT2D eigenvalue weighted by atomic mass is 9.99. The molecule has 8 nitrogen and oxygen atoms in total. The molecule has 1 aromatic carbocycles. The summed E-state index contributed by atoms with van der Waals surface area (Å²) < 4.78 is 6.71. The van der Waals surface area contributed by atoms with Crippen LogP contribution in [0.5, 0.6) is 5.75 Å². The quantitative estimate of drug-likeness (QED) is 0.671. The zero-order chi connectivity index (χ0) is 21.1. The van der Waals surface area contributed by atoms with Crippen molar-refractivity contribution in [3.63, 3.8) is 0 Å². The van der Waals surface area contributed by atoms with Crippen molar-refractivity contribution in [2.75, 3.05) is 31.9 Å². The summed E-state index contributed by atoms with van der Waals surface area (Å²) in [6.45, 7) is 0.898. The number of amides is 1. The Bertz CT molecular complexity index is 1050. The predicted molar refractivity (Wildman–Crippen MR) is 111 cm³/mol. The highest BCUT2D eigenvalue weighted by atomic mass is 16.5. The summed E-state index contributed by atoms with van der Waals surface area (Å²) in [5.41, 5.74) is 1.24. The van der Waals surface area contributed by atoms with E-state index in [1.165, 1.54) is 12.3 Å². The van der Waals surface area contributed by atoms with Gasteiger partial charge in [-0.05, 0) is 17.2 Å². The van der Waals surface area contributed by atoms with Gasteiger partial charge in [-0.1, -0.05) is 36.4 Å². The zero-order valence-electron chi connectivity index (χ0n) is 16.5. The molecule has 0 aliphatic carbocycles. The fraction of sp³-hybridized carbons (Fsp3) is 0.227. The fourth-order valence-electron chi connectivity index (χ4n) is 3.68. The number of pyridine rings is 2. The van der Waals surface area contributed by atoms with Gasteiger partial charge in [-0.25, -0.2) is 0 Å². The van der Waals surface area contributed by atoms with Crippen LogP contribution in [0.1, 0.15) is 27.7 Å². The van der Waals surface area contributed by atoms with E-state index in [2.05, 4.69) is 4.98 Å². The predicted octanol–water partition coefficient (Wildman–Crippen LogP) is 1.74. The van der Waals surface area contributed by atoms with Crippen LogP contribution in [0, 0.1) is 0 Å². The van der Waals surface area contributed by atoms with Crippen LogP contribution in [0.4, 0.5) is 0 Å². The molecule has 1 atom stereocenters. The number of carbonyl (C=O) groups excluding carboxylic acids is 1. The van der Waals surface area contributed by atoms with Gasteiger partial charge in [0.25, 0.3) is 5.91 Å². The molecule has 0 bridgehead atoms. The van der Waals surface area contributed by atoms with E-state index in [1.54, 1.807) is 29.1 Å². The first kappa shape index (κ1) is 19.7. The van der Waals surface area contributed by atoms with Gasteiger partial charge in [0.1, 0.15) is 6.67 Å². The third-order valence-corrected chi connectivity index (χ3v) is 5.11. The average Bonchev–Trinajstić information content (AvgIpc) is 2.78. The second kappa shape index (κ2) is 8.38. The summed E-state index contributed by atoms with van der Waals surface area (Å²) in [4.78, 5) is 31.0. The monoisotopic (exact) mass is 406 g/mol. The van der Waals surface area contributed by atoms with Gasteiger partial charge in [-0.2, -0.15) is 0 Å². The largest absolute Gasteiger partial charge is 0.502 e. The Hall–Kier alpha value is -3.65. The number of hydrogen-bond donors (Lipinski definition) is 1. The minimum atomic E-state index is -0.596. The molecule has 1 N–H and O–H groups in total. The minimum absolute atomic E-state index is 0.0605. The lowest BCUT2D eigenvalue weighted by molar-refractivity contribution is 0.0614. The van der Waals surface area contributed by atoms with Crippen molar-refractivity contribution < 1.29 is 14.6 Å². The van der Waals surface area contributed by atoms with Gasteiger partial charge in [-0.15, -0.1) is 0 Å². The lowest BCUT2D eigenvalue weighted by Gasteiger charge is -2.43. The molecule has 1 amide bonds. The highest BCUT2D eigenvalue weighted by Gasteiger charge is 2.36. The van der Waals surface area contributed by atoms with Gasteiger partial charge in [-0.3, -0.25) is 24.3 Å². The Morgan fingerprint density at radius 1 is 1.10 bits per heavy atom. The fourth-order valence-corrected chi connectivity index (χ4v) is 3.68. The van der Waals surface area contributed by atoms with Crippen LogP contribution < -0.4 is 10.4 Å². The lowest BCUT2D eigenvalue weighted by Crippen LogP contribution is -2.56. The van der Waals surface area contributed by atoms with Crippen LogP contribution in [-0.4, -0.2) is 52.5 Å². The maximum atomic E-state index is 13.0. The number of nitrogens with zero attached hydrogens (tertiary/aromatic N) is 4. The van der Waals surface area contributed by atoms with Crippen molar-refractivity contribution >= 4 is 5.91 Å². The summed E-state index contributed by atoms with van der Waals surface area (Å²) in [6, 6.07) is 14.6. The molecule has 8 heteroatoms. The van der Waals surface area contributed by atoms with Crippen LogP contribution in [0.15, 0.2) is 71.9 Å². The van der Waals surface area contributed by atoms with E-state index in [1.807, 2.05) is 47.5 Å². The van der Waals surface area contributed by atoms with E-state index in [0.717, 1.165) is 11.1 Å². The Labute approximate surface area is 173 Å². The molecule has 3 heterocycles. The molecule has 0 saturated heterocycles. The van der Waals surface area contributed by atoms with Crippen LogP contribution in [0.2, 0.25) is 0 Å². The number of hydrogen-bond acceptors (Lipinski definition) is 6. The van der Waals surface area contributed by atoms with Gasteiger partial charge in [0.05, 0.1) is 12.6 Å². The molecule has 1 unspecified atom stereocenters. The summed E-state index contributed by atoms with van der Waals surface area (Å²) in [5, 5.41) is 12.4. The topological polar surface area (TPSA) is 87.9 Å². The number of aromatic hydroxyl groups is 1. The van der Waals surface area contributed by atoms with Crippen molar-refractivity contribution in [3.8, 4) is 5.75 Å². The first-order valence-electron chi connectivity index (χ1n) is 9.56. The van der Waals surface area contributed by atoms with Crippen molar-refractivity contribution in [1.29, 1.82) is 0 Å². The Kier molecular flexibility index (Phi) is 5.49. The smallest absolute Gasteiger partial charge is 0.277 e. The molecule has 0 radical (unpaired) electrons. The Morgan fingerprint density at radius 3 is 2.57 bits per heavy atom. The van der Waals surface area contributed by atoms with Crippen LogP contribution in [0.3, 0.4) is 0 Å². The van der Waals surface area contributed by atoms with E-state index in [9.17, 15) is 14.7 Å². The minimum Gasteiger partial charge on any atom is -0.502 e. The van der Waals surface area contributed by atoms with Crippen molar-refractivity contribution in [2.45, 2.75) is 6.04 Å². The standard InChI is InChI=1S/C22H22N4O4/c1-30-13-12-24-15-26(25-11-9-18(27)21(28)20(25)22(24)29)19(16-6-3-2-4-7-16)17-8-5-10-23-14-17/h2-11,14,19,28H,12-13,15H2,1H3. The summed E-state index contributed by atoms with van der Waals surface area (Å²) in [7, 11) is 1.56. The second-order valence-corrected chi connectivity index (χ2v) is 6.96. The second-order valence-electron chi connectivity index (χ2n) is 6.96. The van der Waals surface area contributed by atoms with Gasteiger partial charge in [0.2, 0.25) is 5.43 Å². The number of carbonyl (C=O) groups is 1. The SMILES string of the molecule is COCCN1CN(C(c2ccccc2)c2cccnc2)n2ccc(=O)c(O)c2C1=O. The van der Waals surface area contributed by atoms with Crippen LogP contribution in [-0.2, 0) is 4.74 Å². The number of benzene rings is 1. The van der Waals surface area contributed by atoms with Gasteiger partial charge < -0.3 is 14.7 Å². The molecule has 1 aliphatic rings. The van der Waals surface area contributed by atoms with Crippen molar-refractivity contribution in [1.82, 2.24) is 14.6 Å². The molecule has 0 saturated carbocycles. The molecular weight excluding hydrogens is 384 g/mol. The van der Waals surface area contributed by atoms with Gasteiger partial charge >= 0.3 is 0 Å². The third-order valence-electron chi connectivity index (χ3n) is 5.11. The van der Waals surface area contributed by atoms with Gasteiger partial charge in [0, 0.05) is 38.3 Å². The highest BCUT2D eigenvalue weighted by molar-refractivity contribution is 5.96. The Morgan fingerprint density at radius 2 is 1.87 bits per heavy atom. The molecule has 4 rings (SSSR count). The van der Waals surface area contributed by atoms with E-state index < -0.39 is 17.1 Å². The number of aromatic nitrogens is 2. The Balaban J connectivity index is 1.90. The number of methoxy groups -OCH3 is 1. The van der Waals surface area contributed by atoms with Crippen LogP contribution in [0.25, 0.3) is 0 Å². The molecule has 3 aromatic rings.